The Morgan fingerprint density at radius 3 is 2.50 bits per heavy atom. The van der Waals surface area contributed by atoms with Gasteiger partial charge in [0, 0.05) is 4.47 Å². The van der Waals surface area contributed by atoms with Crippen molar-refractivity contribution in [3.8, 4) is 5.75 Å². The first-order valence-electron chi connectivity index (χ1n) is 6.38. The smallest absolute Gasteiger partial charge is 0.276 e. The van der Waals surface area contributed by atoms with E-state index >= 15 is 0 Å². The lowest BCUT2D eigenvalue weighted by Crippen LogP contribution is -2.44. The summed E-state index contributed by atoms with van der Waals surface area (Å²) in [6.45, 7) is 3.04. The molecule has 8 heteroatoms. The molecule has 2 rings (SSSR count). The summed E-state index contributed by atoms with van der Waals surface area (Å²) in [5.41, 5.74) is 5.30. The molecule has 0 spiro atoms. The van der Waals surface area contributed by atoms with Crippen LogP contribution in [0.4, 0.5) is 0 Å². The number of hydrazine groups is 1. The van der Waals surface area contributed by atoms with Gasteiger partial charge in [0.25, 0.3) is 11.8 Å². The molecule has 0 saturated carbocycles. The number of carbonyl (C=O) groups excluding carboxylic acids is 2. The van der Waals surface area contributed by atoms with Gasteiger partial charge in [-0.2, -0.15) is 0 Å². The molecule has 0 atom stereocenters. The number of hydrogen-bond acceptors (Lipinski definition) is 5. The molecule has 22 heavy (non-hydrogen) atoms. The van der Waals surface area contributed by atoms with Gasteiger partial charge in [-0.25, -0.2) is 0 Å². The van der Waals surface area contributed by atoms with Gasteiger partial charge in [-0.1, -0.05) is 21.1 Å². The summed E-state index contributed by atoms with van der Waals surface area (Å²) < 4.78 is 11.1. The average Bonchev–Trinajstić information content (AvgIpc) is 2.83. The topological polar surface area (TPSA) is 93.5 Å². The summed E-state index contributed by atoms with van der Waals surface area (Å²) >= 11 is 3.30. The van der Waals surface area contributed by atoms with Crippen LogP contribution in [0.25, 0.3) is 0 Å². The summed E-state index contributed by atoms with van der Waals surface area (Å²) in [5, 5.41) is 3.67. The minimum Gasteiger partial charge on any atom is -0.484 e. The maximum absolute atomic E-state index is 11.9. The molecule has 1 aromatic heterocycles. The molecule has 0 saturated heterocycles. The molecule has 0 unspecified atom stereocenters. The van der Waals surface area contributed by atoms with Crippen molar-refractivity contribution in [2.75, 3.05) is 6.61 Å². The van der Waals surface area contributed by atoms with Gasteiger partial charge in [-0.15, -0.1) is 0 Å². The van der Waals surface area contributed by atoms with Gasteiger partial charge in [0.1, 0.15) is 17.1 Å². The quantitative estimate of drug-likeness (QED) is 0.804. The van der Waals surface area contributed by atoms with E-state index in [9.17, 15) is 9.59 Å². The van der Waals surface area contributed by atoms with Crippen molar-refractivity contribution in [2.24, 2.45) is 0 Å². The van der Waals surface area contributed by atoms with Gasteiger partial charge < -0.3 is 9.26 Å². The number of carbonyl (C=O) groups is 2. The SMILES string of the molecule is Cc1noc(C)c1C(=O)NNC(=O)COc1ccc(Br)cc1. The van der Waals surface area contributed by atoms with Crippen molar-refractivity contribution in [2.45, 2.75) is 13.8 Å². The van der Waals surface area contributed by atoms with Crippen LogP contribution in [-0.4, -0.2) is 23.6 Å². The number of rotatable bonds is 4. The lowest BCUT2D eigenvalue weighted by atomic mass is 10.2. The number of benzene rings is 1. The van der Waals surface area contributed by atoms with E-state index in [4.69, 9.17) is 9.26 Å². The zero-order chi connectivity index (χ0) is 16.1. The van der Waals surface area contributed by atoms with Crippen LogP contribution >= 0.6 is 15.9 Å². The van der Waals surface area contributed by atoms with Crippen LogP contribution in [-0.2, 0) is 4.79 Å². The molecule has 7 nitrogen and oxygen atoms in total. The van der Waals surface area contributed by atoms with E-state index in [1.807, 2.05) is 0 Å². The molecular formula is C14H14BrN3O4. The third kappa shape index (κ3) is 4.08. The number of hydrogen-bond donors (Lipinski definition) is 2. The van der Waals surface area contributed by atoms with Crippen LogP contribution in [0.2, 0.25) is 0 Å². The first-order chi connectivity index (χ1) is 10.5. The number of amides is 2. The lowest BCUT2D eigenvalue weighted by Gasteiger charge is -2.08. The van der Waals surface area contributed by atoms with Gasteiger partial charge in [0.15, 0.2) is 6.61 Å². The van der Waals surface area contributed by atoms with Crippen molar-refractivity contribution in [3.05, 3.63) is 45.8 Å². The molecule has 0 bridgehead atoms. The highest BCUT2D eigenvalue weighted by molar-refractivity contribution is 9.10. The van der Waals surface area contributed by atoms with E-state index in [0.29, 0.717) is 22.8 Å². The number of aryl methyl sites for hydroxylation is 2. The molecule has 0 aliphatic carbocycles. The maximum atomic E-state index is 11.9. The standard InChI is InChI=1S/C14H14BrN3O4/c1-8-13(9(2)22-18-8)14(20)17-16-12(19)7-21-11-5-3-10(15)4-6-11/h3-6H,7H2,1-2H3,(H,16,19)(H,17,20). The first-order valence-corrected chi connectivity index (χ1v) is 7.17. The fourth-order valence-corrected chi connectivity index (χ4v) is 1.98. The summed E-state index contributed by atoms with van der Waals surface area (Å²) in [6.07, 6.45) is 0. The second-order valence-corrected chi connectivity index (χ2v) is 5.36. The van der Waals surface area contributed by atoms with Crippen molar-refractivity contribution in [1.82, 2.24) is 16.0 Å². The Labute approximate surface area is 135 Å². The second kappa shape index (κ2) is 7.08. The Bertz CT molecular complexity index is 662. The molecule has 116 valence electrons. The molecule has 0 aliphatic rings. The van der Waals surface area contributed by atoms with Crippen molar-refractivity contribution in [3.63, 3.8) is 0 Å². The number of nitrogens with one attached hydrogen (secondary N) is 2. The van der Waals surface area contributed by atoms with Gasteiger partial charge in [-0.3, -0.25) is 20.4 Å². The molecule has 0 radical (unpaired) electrons. The van der Waals surface area contributed by atoms with E-state index in [2.05, 4.69) is 31.9 Å². The highest BCUT2D eigenvalue weighted by Crippen LogP contribution is 2.15. The monoisotopic (exact) mass is 367 g/mol. The normalized spacial score (nSPS) is 10.1. The molecule has 1 heterocycles. The predicted molar refractivity (Wildman–Crippen MR) is 81.2 cm³/mol. The maximum Gasteiger partial charge on any atom is 0.276 e. The van der Waals surface area contributed by atoms with E-state index in [1.165, 1.54) is 0 Å². The largest absolute Gasteiger partial charge is 0.484 e. The molecule has 0 fully saturated rings. The third-order valence-electron chi connectivity index (χ3n) is 2.76. The molecule has 1 aromatic carbocycles. The van der Waals surface area contributed by atoms with Gasteiger partial charge >= 0.3 is 0 Å². The van der Waals surface area contributed by atoms with E-state index < -0.39 is 11.8 Å². The summed E-state index contributed by atoms with van der Waals surface area (Å²) in [7, 11) is 0. The predicted octanol–water partition coefficient (Wildman–Crippen LogP) is 1.89. The van der Waals surface area contributed by atoms with Crippen LogP contribution < -0.4 is 15.6 Å². The molecule has 2 aromatic rings. The van der Waals surface area contributed by atoms with Crippen LogP contribution in [0, 0.1) is 13.8 Å². The lowest BCUT2D eigenvalue weighted by molar-refractivity contribution is -0.123. The van der Waals surface area contributed by atoms with Crippen molar-refractivity contribution in [1.29, 1.82) is 0 Å². The number of aromatic nitrogens is 1. The van der Waals surface area contributed by atoms with E-state index in [1.54, 1.807) is 38.1 Å². The van der Waals surface area contributed by atoms with Crippen molar-refractivity contribution < 1.29 is 18.8 Å². The van der Waals surface area contributed by atoms with Crippen LogP contribution in [0.3, 0.4) is 0 Å². The Balaban J connectivity index is 1.80. The minimum absolute atomic E-state index is 0.219. The number of nitrogens with zero attached hydrogens (tertiary/aromatic N) is 1. The number of halogens is 1. The molecule has 2 N–H and O–H groups in total. The molecule has 2 amide bonds. The van der Waals surface area contributed by atoms with Gasteiger partial charge in [0.2, 0.25) is 0 Å². The first kappa shape index (κ1) is 16.0. The Kier molecular flexibility index (Phi) is 5.16. The van der Waals surface area contributed by atoms with Crippen LogP contribution in [0.1, 0.15) is 21.8 Å². The highest BCUT2D eigenvalue weighted by atomic mass is 79.9. The van der Waals surface area contributed by atoms with E-state index in [-0.39, 0.29) is 6.61 Å². The summed E-state index contributed by atoms with van der Waals surface area (Å²) in [6, 6.07) is 7.04. The van der Waals surface area contributed by atoms with Crippen LogP contribution in [0.15, 0.2) is 33.3 Å². The average molecular weight is 368 g/mol. The third-order valence-corrected chi connectivity index (χ3v) is 3.29. The van der Waals surface area contributed by atoms with Gasteiger partial charge in [-0.05, 0) is 38.1 Å². The second-order valence-electron chi connectivity index (χ2n) is 4.44. The Morgan fingerprint density at radius 1 is 1.23 bits per heavy atom. The fraction of sp³-hybridized carbons (Fsp3) is 0.214. The molecular weight excluding hydrogens is 354 g/mol. The Hall–Kier alpha value is -2.35. The Morgan fingerprint density at radius 2 is 1.91 bits per heavy atom. The summed E-state index contributed by atoms with van der Waals surface area (Å²) in [5.74, 6) is -0.0398. The van der Waals surface area contributed by atoms with Crippen LogP contribution in [0.5, 0.6) is 5.75 Å². The highest BCUT2D eigenvalue weighted by Gasteiger charge is 2.17. The fourth-order valence-electron chi connectivity index (χ4n) is 1.71. The number of ether oxygens (including phenoxy) is 1. The zero-order valence-electron chi connectivity index (χ0n) is 12.0. The van der Waals surface area contributed by atoms with Crippen molar-refractivity contribution >= 4 is 27.7 Å². The minimum atomic E-state index is -0.492. The van der Waals surface area contributed by atoms with E-state index in [0.717, 1.165) is 4.47 Å². The molecule has 0 aliphatic heterocycles. The zero-order valence-corrected chi connectivity index (χ0v) is 13.6. The summed E-state index contributed by atoms with van der Waals surface area (Å²) in [4.78, 5) is 23.5. The van der Waals surface area contributed by atoms with Gasteiger partial charge in [0.05, 0.1) is 5.69 Å².